The van der Waals surface area contributed by atoms with Crippen LogP contribution in [-0.2, 0) is 4.74 Å². The fourth-order valence-corrected chi connectivity index (χ4v) is 2.51. The third-order valence-corrected chi connectivity index (χ3v) is 3.60. The van der Waals surface area contributed by atoms with Crippen LogP contribution in [0.5, 0.6) is 11.5 Å². The summed E-state index contributed by atoms with van der Waals surface area (Å²) in [6, 6.07) is 5.07. The number of esters is 1. The lowest BCUT2D eigenvalue weighted by atomic mass is 10.1. The summed E-state index contributed by atoms with van der Waals surface area (Å²) < 4.78 is 15.9. The van der Waals surface area contributed by atoms with Crippen molar-refractivity contribution in [2.24, 2.45) is 0 Å². The maximum Gasteiger partial charge on any atom is 0.338 e. The maximum absolute atomic E-state index is 12.2. The van der Waals surface area contributed by atoms with E-state index in [1.54, 1.807) is 32.4 Å². The second-order valence-electron chi connectivity index (χ2n) is 5.15. The van der Waals surface area contributed by atoms with Crippen molar-refractivity contribution in [2.75, 3.05) is 34.4 Å². The average Bonchev–Trinajstić information content (AvgIpc) is 2.46. The fourth-order valence-electron chi connectivity index (χ4n) is 2.51. The Kier molecular flexibility index (Phi) is 4.84. The topological polar surface area (TPSA) is 49.2 Å². The summed E-state index contributed by atoms with van der Waals surface area (Å²) in [4.78, 5) is 13.6. The van der Waals surface area contributed by atoms with Gasteiger partial charge in [-0.2, -0.15) is 0 Å². The quantitative estimate of drug-likeness (QED) is 0.818. The van der Waals surface area contributed by atoms with Crippen molar-refractivity contribution in [3.63, 3.8) is 0 Å². The number of carbonyl (C=O) groups excluding carboxylic acids is 1. The molecular formula is C15H22NO4+. The summed E-state index contributed by atoms with van der Waals surface area (Å²) >= 11 is 0. The molecule has 0 aliphatic carbocycles. The molecule has 2 atom stereocenters. The van der Waals surface area contributed by atoms with Gasteiger partial charge in [-0.05, 0) is 24.6 Å². The highest BCUT2D eigenvalue weighted by Crippen LogP contribution is 2.28. The number of likely N-dealkylation sites (tertiary alicyclic amines) is 1. The highest BCUT2D eigenvalue weighted by molar-refractivity contribution is 5.90. The highest BCUT2D eigenvalue weighted by atomic mass is 16.5. The molecule has 1 fully saturated rings. The van der Waals surface area contributed by atoms with E-state index in [4.69, 9.17) is 14.2 Å². The van der Waals surface area contributed by atoms with Crippen LogP contribution in [-0.4, -0.2) is 46.4 Å². The first-order chi connectivity index (χ1) is 9.63. The standard InChI is InChI=1S/C15H21NO4/c1-16-8-4-5-12(10-16)20-15(17)11-6-7-13(18-2)14(9-11)19-3/h6-7,9,12H,4-5,8,10H2,1-3H3/p+1. The molecule has 110 valence electrons. The van der Waals surface area contributed by atoms with Crippen molar-refractivity contribution >= 4 is 5.97 Å². The first kappa shape index (κ1) is 14.7. The van der Waals surface area contributed by atoms with E-state index < -0.39 is 0 Å². The van der Waals surface area contributed by atoms with Gasteiger partial charge in [0.2, 0.25) is 0 Å². The zero-order valence-corrected chi connectivity index (χ0v) is 12.3. The van der Waals surface area contributed by atoms with Gasteiger partial charge in [-0.15, -0.1) is 0 Å². The zero-order chi connectivity index (χ0) is 14.5. The minimum Gasteiger partial charge on any atom is -0.493 e. The van der Waals surface area contributed by atoms with Gasteiger partial charge in [0.1, 0.15) is 6.54 Å². The number of rotatable bonds is 4. The van der Waals surface area contributed by atoms with Crippen LogP contribution in [0.3, 0.4) is 0 Å². The molecule has 5 heteroatoms. The molecule has 0 amide bonds. The summed E-state index contributed by atoms with van der Waals surface area (Å²) in [5.74, 6) is 0.838. The van der Waals surface area contributed by atoms with Crippen LogP contribution in [0.2, 0.25) is 0 Å². The van der Waals surface area contributed by atoms with Crippen molar-refractivity contribution in [1.29, 1.82) is 0 Å². The van der Waals surface area contributed by atoms with Gasteiger partial charge in [0, 0.05) is 6.42 Å². The molecule has 0 aromatic heterocycles. The van der Waals surface area contributed by atoms with Crippen molar-refractivity contribution in [1.82, 2.24) is 0 Å². The molecule has 20 heavy (non-hydrogen) atoms. The van der Waals surface area contributed by atoms with E-state index in [0.717, 1.165) is 25.9 Å². The summed E-state index contributed by atoms with van der Waals surface area (Å²) in [6.45, 7) is 2.02. The number of quaternary nitrogens is 1. The number of benzene rings is 1. The van der Waals surface area contributed by atoms with Gasteiger partial charge < -0.3 is 19.1 Å². The Balaban J connectivity index is 2.05. The SMILES string of the molecule is COc1ccc(C(=O)OC2CCC[NH+](C)C2)cc1OC. The van der Waals surface area contributed by atoms with E-state index in [0.29, 0.717) is 17.1 Å². The lowest BCUT2D eigenvalue weighted by molar-refractivity contribution is -0.888. The molecule has 5 nitrogen and oxygen atoms in total. The molecule has 0 radical (unpaired) electrons. The summed E-state index contributed by atoms with van der Waals surface area (Å²) in [5, 5.41) is 0. The van der Waals surface area contributed by atoms with Crippen LogP contribution in [0.25, 0.3) is 0 Å². The molecule has 0 bridgehead atoms. The number of nitrogens with one attached hydrogen (secondary N) is 1. The van der Waals surface area contributed by atoms with Gasteiger partial charge in [0.15, 0.2) is 17.6 Å². The summed E-state index contributed by atoms with van der Waals surface area (Å²) in [7, 11) is 5.24. The van der Waals surface area contributed by atoms with Crippen molar-refractivity contribution in [2.45, 2.75) is 18.9 Å². The summed E-state index contributed by atoms with van der Waals surface area (Å²) in [5.41, 5.74) is 0.492. The Morgan fingerprint density at radius 3 is 2.65 bits per heavy atom. The first-order valence-electron chi connectivity index (χ1n) is 6.88. The second-order valence-corrected chi connectivity index (χ2v) is 5.15. The monoisotopic (exact) mass is 280 g/mol. The average molecular weight is 280 g/mol. The van der Waals surface area contributed by atoms with E-state index >= 15 is 0 Å². The van der Waals surface area contributed by atoms with Gasteiger partial charge in [-0.25, -0.2) is 4.79 Å². The molecule has 1 heterocycles. The van der Waals surface area contributed by atoms with Crippen LogP contribution >= 0.6 is 0 Å². The number of hydrogen-bond acceptors (Lipinski definition) is 4. The third kappa shape index (κ3) is 3.42. The van der Waals surface area contributed by atoms with E-state index in [9.17, 15) is 4.79 Å². The third-order valence-electron chi connectivity index (χ3n) is 3.60. The van der Waals surface area contributed by atoms with Crippen molar-refractivity contribution in [3.05, 3.63) is 23.8 Å². The number of piperidine rings is 1. The van der Waals surface area contributed by atoms with Gasteiger partial charge in [-0.1, -0.05) is 0 Å². The van der Waals surface area contributed by atoms with Crippen LogP contribution in [0.1, 0.15) is 23.2 Å². The molecule has 0 saturated carbocycles. The Morgan fingerprint density at radius 1 is 1.25 bits per heavy atom. The second kappa shape index (κ2) is 6.61. The van der Waals surface area contributed by atoms with E-state index in [1.165, 1.54) is 4.90 Å². The Morgan fingerprint density at radius 2 is 2.00 bits per heavy atom. The Hall–Kier alpha value is -1.75. The highest BCUT2D eigenvalue weighted by Gasteiger charge is 2.24. The zero-order valence-electron chi connectivity index (χ0n) is 12.3. The molecule has 1 N–H and O–H groups in total. The molecule has 1 aliphatic heterocycles. The van der Waals surface area contributed by atoms with Crippen molar-refractivity contribution in [3.8, 4) is 11.5 Å². The largest absolute Gasteiger partial charge is 0.493 e. The summed E-state index contributed by atoms with van der Waals surface area (Å²) in [6.07, 6.45) is 2.04. The van der Waals surface area contributed by atoms with Crippen molar-refractivity contribution < 1.29 is 23.9 Å². The van der Waals surface area contributed by atoms with Crippen LogP contribution in [0.15, 0.2) is 18.2 Å². The molecule has 1 aromatic carbocycles. The van der Waals surface area contributed by atoms with E-state index in [-0.39, 0.29) is 12.1 Å². The van der Waals surface area contributed by atoms with Gasteiger partial charge >= 0.3 is 5.97 Å². The molecule has 2 rings (SSSR count). The molecule has 1 aliphatic rings. The molecule has 1 saturated heterocycles. The van der Waals surface area contributed by atoms with Gasteiger partial charge in [0.05, 0.1) is 33.4 Å². The lowest BCUT2D eigenvalue weighted by Gasteiger charge is -2.26. The fraction of sp³-hybridized carbons (Fsp3) is 0.533. The predicted molar refractivity (Wildman–Crippen MR) is 74.6 cm³/mol. The number of carbonyl (C=O) groups is 1. The molecule has 0 spiro atoms. The predicted octanol–water partition coefficient (Wildman–Crippen LogP) is 0.538. The van der Waals surface area contributed by atoms with Crippen LogP contribution < -0.4 is 14.4 Å². The number of likely N-dealkylation sites (N-methyl/N-ethyl adjacent to an activating group) is 1. The number of ether oxygens (including phenoxy) is 3. The lowest BCUT2D eigenvalue weighted by Crippen LogP contribution is -3.11. The van der Waals surface area contributed by atoms with E-state index in [2.05, 4.69) is 7.05 Å². The first-order valence-corrected chi connectivity index (χ1v) is 6.88. The Bertz CT molecular complexity index is 475. The molecule has 1 aromatic rings. The maximum atomic E-state index is 12.2. The van der Waals surface area contributed by atoms with E-state index in [1.807, 2.05) is 0 Å². The van der Waals surface area contributed by atoms with Crippen LogP contribution in [0.4, 0.5) is 0 Å². The smallest absolute Gasteiger partial charge is 0.338 e. The number of methoxy groups -OCH3 is 2. The Labute approximate surface area is 119 Å². The van der Waals surface area contributed by atoms with Gasteiger partial charge in [-0.3, -0.25) is 0 Å². The minimum absolute atomic E-state index is 0.00402. The number of hydrogen-bond donors (Lipinski definition) is 1. The van der Waals surface area contributed by atoms with Crippen LogP contribution in [0, 0.1) is 0 Å². The molecule has 2 unspecified atom stereocenters. The van der Waals surface area contributed by atoms with Gasteiger partial charge in [0.25, 0.3) is 0 Å². The normalized spacial score (nSPS) is 22.1. The minimum atomic E-state index is -0.300. The molecular weight excluding hydrogens is 258 g/mol.